The number of aromatic nitrogens is 1. The summed E-state index contributed by atoms with van der Waals surface area (Å²) in [6.07, 6.45) is 3.22. The van der Waals surface area contributed by atoms with Crippen LogP contribution in [-0.4, -0.2) is 21.6 Å². The first kappa shape index (κ1) is 15.0. The summed E-state index contributed by atoms with van der Waals surface area (Å²) in [6.45, 7) is 0. The van der Waals surface area contributed by atoms with E-state index in [1.807, 2.05) is 0 Å². The lowest BCUT2D eigenvalue weighted by molar-refractivity contribution is -0.384. The molecule has 0 saturated carbocycles. The molecule has 1 amide bonds. The number of anilines is 1. The zero-order chi connectivity index (χ0) is 15.1. The molecule has 1 N–H and O–H groups in total. The molecule has 1 aromatic heterocycles. The van der Waals surface area contributed by atoms with Crippen molar-refractivity contribution >= 4 is 29.0 Å². The fraction of sp³-hybridized carbons (Fsp3) is 0.143. The lowest BCUT2D eigenvalue weighted by atomic mass is 10.2. The zero-order valence-electron chi connectivity index (χ0n) is 11.1. The molecule has 0 aliphatic rings. The van der Waals surface area contributed by atoms with Gasteiger partial charge >= 0.3 is 0 Å². The van der Waals surface area contributed by atoms with Crippen LogP contribution in [0.4, 0.5) is 11.4 Å². The molecule has 2 rings (SSSR count). The summed E-state index contributed by atoms with van der Waals surface area (Å²) in [5.41, 5.74) is 1.68. The van der Waals surface area contributed by atoms with E-state index in [1.54, 1.807) is 36.7 Å². The third-order valence-corrected chi connectivity index (χ3v) is 3.60. The van der Waals surface area contributed by atoms with E-state index in [0.29, 0.717) is 17.2 Å². The Balaban J connectivity index is 1.76. The highest BCUT2D eigenvalue weighted by Crippen LogP contribution is 2.17. The normalized spacial score (nSPS) is 10.1. The Morgan fingerprint density at radius 1 is 1.29 bits per heavy atom. The maximum absolute atomic E-state index is 11.7. The fourth-order valence-electron chi connectivity index (χ4n) is 1.61. The summed E-state index contributed by atoms with van der Waals surface area (Å²) < 4.78 is 0. The quantitative estimate of drug-likeness (QED) is 0.655. The minimum Gasteiger partial charge on any atom is -0.324 e. The standard InChI is InChI=1S/C14H13N3O3S/c18-14(16-12-2-1-7-15-8-12)10-21-9-11-3-5-13(6-4-11)17(19)20/h1-8H,9-10H2,(H,16,18). The molecule has 108 valence electrons. The molecule has 1 heterocycles. The SMILES string of the molecule is O=C(CSCc1ccc([N+](=O)[O-])cc1)Nc1cccnc1. The summed E-state index contributed by atoms with van der Waals surface area (Å²) in [5, 5.41) is 13.3. The molecule has 0 bridgehead atoms. The number of nitrogens with zero attached hydrogens (tertiary/aromatic N) is 2. The fourth-order valence-corrected chi connectivity index (χ4v) is 2.40. The summed E-state index contributed by atoms with van der Waals surface area (Å²) in [5.74, 6) is 0.833. The van der Waals surface area contributed by atoms with Gasteiger partial charge in [0.15, 0.2) is 0 Å². The van der Waals surface area contributed by atoms with Gasteiger partial charge in [0.2, 0.25) is 5.91 Å². The Kier molecular flexibility index (Phi) is 5.28. The topological polar surface area (TPSA) is 85.1 Å². The van der Waals surface area contributed by atoms with Gasteiger partial charge in [-0.2, -0.15) is 0 Å². The summed E-state index contributed by atoms with van der Waals surface area (Å²) in [7, 11) is 0. The molecule has 7 heteroatoms. The van der Waals surface area contributed by atoms with Gasteiger partial charge in [-0.25, -0.2) is 0 Å². The van der Waals surface area contributed by atoms with E-state index in [-0.39, 0.29) is 11.6 Å². The van der Waals surface area contributed by atoms with Gasteiger partial charge in [-0.1, -0.05) is 12.1 Å². The third-order valence-electron chi connectivity index (χ3n) is 2.59. The van der Waals surface area contributed by atoms with Gasteiger partial charge in [0.05, 0.1) is 22.6 Å². The first-order chi connectivity index (χ1) is 10.1. The van der Waals surface area contributed by atoms with Gasteiger partial charge in [0.25, 0.3) is 5.69 Å². The van der Waals surface area contributed by atoms with Crippen LogP contribution < -0.4 is 5.32 Å². The molecule has 0 saturated heterocycles. The second-order valence-corrected chi connectivity index (χ2v) is 5.19. The van der Waals surface area contributed by atoms with E-state index in [4.69, 9.17) is 0 Å². The Hall–Kier alpha value is -2.41. The number of amides is 1. The number of nitro benzene ring substituents is 1. The molecule has 0 atom stereocenters. The van der Waals surface area contributed by atoms with Crippen LogP contribution in [0, 0.1) is 10.1 Å². The van der Waals surface area contributed by atoms with Gasteiger partial charge in [0, 0.05) is 24.1 Å². The molecular formula is C14H13N3O3S. The summed E-state index contributed by atoms with van der Waals surface area (Å²) >= 11 is 1.45. The Morgan fingerprint density at radius 3 is 2.67 bits per heavy atom. The van der Waals surface area contributed by atoms with Crippen LogP contribution in [0.15, 0.2) is 48.8 Å². The van der Waals surface area contributed by atoms with Crippen LogP contribution in [0.1, 0.15) is 5.56 Å². The summed E-state index contributed by atoms with van der Waals surface area (Å²) in [4.78, 5) is 25.7. The molecule has 0 unspecified atom stereocenters. The van der Waals surface area contributed by atoms with E-state index in [2.05, 4.69) is 10.3 Å². The number of nitro groups is 1. The molecule has 6 nitrogen and oxygen atoms in total. The Morgan fingerprint density at radius 2 is 2.05 bits per heavy atom. The molecule has 0 spiro atoms. The molecule has 21 heavy (non-hydrogen) atoms. The minimum atomic E-state index is -0.432. The number of hydrogen-bond donors (Lipinski definition) is 1. The number of carbonyl (C=O) groups is 1. The average Bonchev–Trinajstić information content (AvgIpc) is 2.49. The Bertz CT molecular complexity index is 617. The van der Waals surface area contributed by atoms with Crippen molar-refractivity contribution < 1.29 is 9.72 Å². The highest BCUT2D eigenvalue weighted by atomic mass is 32.2. The summed E-state index contributed by atoms with van der Waals surface area (Å²) in [6, 6.07) is 9.84. The van der Waals surface area contributed by atoms with Crippen molar-refractivity contribution in [3.63, 3.8) is 0 Å². The minimum absolute atomic E-state index is 0.0677. The first-order valence-electron chi connectivity index (χ1n) is 6.16. The number of nitrogens with one attached hydrogen (secondary N) is 1. The smallest absolute Gasteiger partial charge is 0.269 e. The number of carbonyl (C=O) groups excluding carboxylic acids is 1. The number of non-ortho nitro benzene ring substituents is 1. The van der Waals surface area contributed by atoms with Crippen molar-refractivity contribution in [2.45, 2.75) is 5.75 Å². The lowest BCUT2D eigenvalue weighted by Crippen LogP contribution is -2.14. The number of rotatable bonds is 6. The largest absolute Gasteiger partial charge is 0.324 e. The number of hydrogen-bond acceptors (Lipinski definition) is 5. The molecule has 0 radical (unpaired) electrons. The van der Waals surface area contributed by atoms with E-state index >= 15 is 0 Å². The van der Waals surface area contributed by atoms with Crippen LogP contribution >= 0.6 is 11.8 Å². The predicted molar refractivity (Wildman–Crippen MR) is 82.1 cm³/mol. The highest BCUT2D eigenvalue weighted by Gasteiger charge is 2.05. The first-order valence-corrected chi connectivity index (χ1v) is 7.31. The van der Waals surface area contributed by atoms with E-state index in [9.17, 15) is 14.9 Å². The van der Waals surface area contributed by atoms with Crippen LogP contribution in [-0.2, 0) is 10.5 Å². The van der Waals surface area contributed by atoms with Crippen LogP contribution in [0.3, 0.4) is 0 Å². The molecule has 0 aliphatic heterocycles. The lowest BCUT2D eigenvalue weighted by Gasteiger charge is -2.04. The van der Waals surface area contributed by atoms with Crippen LogP contribution in [0.25, 0.3) is 0 Å². The van der Waals surface area contributed by atoms with Crippen molar-refractivity contribution in [1.82, 2.24) is 4.98 Å². The maximum Gasteiger partial charge on any atom is 0.269 e. The van der Waals surface area contributed by atoms with Gasteiger partial charge in [-0.3, -0.25) is 19.9 Å². The van der Waals surface area contributed by atoms with Crippen molar-refractivity contribution in [2.24, 2.45) is 0 Å². The zero-order valence-corrected chi connectivity index (χ0v) is 11.9. The molecule has 2 aromatic rings. The number of pyridine rings is 1. The highest BCUT2D eigenvalue weighted by molar-refractivity contribution is 7.99. The second kappa shape index (κ2) is 7.39. The molecule has 0 aliphatic carbocycles. The van der Waals surface area contributed by atoms with E-state index < -0.39 is 4.92 Å². The van der Waals surface area contributed by atoms with Gasteiger partial charge in [-0.05, 0) is 17.7 Å². The van der Waals surface area contributed by atoms with Crippen LogP contribution in [0.2, 0.25) is 0 Å². The molecular weight excluding hydrogens is 290 g/mol. The van der Waals surface area contributed by atoms with E-state index in [1.165, 1.54) is 23.9 Å². The van der Waals surface area contributed by atoms with Crippen molar-refractivity contribution in [3.05, 3.63) is 64.5 Å². The predicted octanol–water partition coefficient (Wildman–Crippen LogP) is 2.86. The monoisotopic (exact) mass is 303 g/mol. The Labute approximate surface area is 125 Å². The second-order valence-electron chi connectivity index (χ2n) is 4.21. The maximum atomic E-state index is 11.7. The van der Waals surface area contributed by atoms with Gasteiger partial charge < -0.3 is 5.32 Å². The number of benzene rings is 1. The molecule has 1 aromatic carbocycles. The van der Waals surface area contributed by atoms with E-state index in [0.717, 1.165) is 5.56 Å². The van der Waals surface area contributed by atoms with Crippen molar-refractivity contribution in [1.29, 1.82) is 0 Å². The van der Waals surface area contributed by atoms with Gasteiger partial charge in [0.1, 0.15) is 0 Å². The average molecular weight is 303 g/mol. The van der Waals surface area contributed by atoms with Crippen molar-refractivity contribution in [3.8, 4) is 0 Å². The van der Waals surface area contributed by atoms with Crippen molar-refractivity contribution in [2.75, 3.05) is 11.1 Å². The molecule has 0 fully saturated rings. The third kappa shape index (κ3) is 4.88. The van der Waals surface area contributed by atoms with Crippen LogP contribution in [0.5, 0.6) is 0 Å². The number of thioether (sulfide) groups is 1. The van der Waals surface area contributed by atoms with Gasteiger partial charge in [-0.15, -0.1) is 11.8 Å².